The number of fused-ring (bicyclic) bond motifs is 1. The van der Waals surface area contributed by atoms with Crippen molar-refractivity contribution >= 4 is 0 Å². The van der Waals surface area contributed by atoms with Crippen molar-refractivity contribution in [1.82, 2.24) is 5.32 Å². The molecular formula is C16H17N. The Hall–Kier alpha value is -1.60. The Balaban J connectivity index is 2.07. The van der Waals surface area contributed by atoms with Crippen LogP contribution in [0.25, 0.3) is 0 Å². The van der Waals surface area contributed by atoms with Crippen molar-refractivity contribution in [2.45, 2.75) is 18.9 Å². The van der Waals surface area contributed by atoms with E-state index in [2.05, 4.69) is 66.8 Å². The van der Waals surface area contributed by atoms with E-state index in [-0.39, 0.29) is 0 Å². The average Bonchev–Trinajstić information content (AvgIpc) is 2.41. The summed E-state index contributed by atoms with van der Waals surface area (Å²) in [7, 11) is 0. The molecule has 1 nitrogen and oxygen atoms in total. The Morgan fingerprint density at radius 3 is 2.29 bits per heavy atom. The van der Waals surface area contributed by atoms with Gasteiger partial charge in [0.1, 0.15) is 0 Å². The van der Waals surface area contributed by atoms with Crippen LogP contribution in [0.15, 0.2) is 54.6 Å². The summed E-state index contributed by atoms with van der Waals surface area (Å²) < 4.78 is 0. The highest BCUT2D eigenvalue weighted by molar-refractivity contribution is 5.41. The lowest BCUT2D eigenvalue weighted by Gasteiger charge is -2.31. The van der Waals surface area contributed by atoms with Crippen molar-refractivity contribution in [2.24, 2.45) is 0 Å². The Morgan fingerprint density at radius 1 is 0.882 bits per heavy atom. The molecule has 1 N–H and O–H groups in total. The number of nitrogens with one attached hydrogen (secondary N) is 1. The minimum Gasteiger partial charge on any atom is -0.309 e. The molecule has 0 amide bonds. The van der Waals surface area contributed by atoms with Gasteiger partial charge in [0.05, 0.1) is 0 Å². The lowest BCUT2D eigenvalue weighted by Crippen LogP contribution is -2.31. The van der Waals surface area contributed by atoms with Crippen LogP contribution in [0.5, 0.6) is 0 Å². The van der Waals surface area contributed by atoms with Gasteiger partial charge in [0, 0.05) is 18.5 Å². The van der Waals surface area contributed by atoms with Crippen LogP contribution in [0, 0.1) is 0 Å². The third-order valence-electron chi connectivity index (χ3n) is 3.67. The molecule has 17 heavy (non-hydrogen) atoms. The van der Waals surface area contributed by atoms with Gasteiger partial charge in [-0.05, 0) is 23.6 Å². The lowest BCUT2D eigenvalue weighted by molar-refractivity contribution is 0.508. The van der Waals surface area contributed by atoms with E-state index in [0.29, 0.717) is 12.0 Å². The lowest BCUT2D eigenvalue weighted by atomic mass is 9.83. The van der Waals surface area contributed by atoms with Crippen molar-refractivity contribution in [1.29, 1.82) is 0 Å². The first-order chi connectivity index (χ1) is 8.36. The van der Waals surface area contributed by atoms with Gasteiger partial charge < -0.3 is 5.32 Å². The first kappa shape index (κ1) is 10.5. The monoisotopic (exact) mass is 223 g/mol. The molecule has 1 aliphatic rings. The molecule has 3 rings (SSSR count). The average molecular weight is 223 g/mol. The molecule has 86 valence electrons. The fourth-order valence-corrected chi connectivity index (χ4v) is 2.72. The number of benzene rings is 2. The minimum absolute atomic E-state index is 0.464. The van der Waals surface area contributed by atoms with Crippen LogP contribution in [0.4, 0.5) is 0 Å². The fourth-order valence-electron chi connectivity index (χ4n) is 2.72. The highest BCUT2D eigenvalue weighted by atomic mass is 14.9. The van der Waals surface area contributed by atoms with E-state index in [1.165, 1.54) is 16.7 Å². The van der Waals surface area contributed by atoms with Gasteiger partial charge in [0.25, 0.3) is 0 Å². The molecule has 0 spiro atoms. The molecule has 0 saturated heterocycles. The fraction of sp³-hybridized carbons (Fsp3) is 0.250. The van der Waals surface area contributed by atoms with Crippen LogP contribution in [0.3, 0.4) is 0 Å². The van der Waals surface area contributed by atoms with Crippen LogP contribution in [-0.2, 0) is 0 Å². The number of hydrogen-bond acceptors (Lipinski definition) is 1. The Kier molecular flexibility index (Phi) is 2.69. The first-order valence-electron chi connectivity index (χ1n) is 6.23. The summed E-state index contributed by atoms with van der Waals surface area (Å²) >= 11 is 0. The second-order valence-corrected chi connectivity index (χ2v) is 4.72. The van der Waals surface area contributed by atoms with Gasteiger partial charge in [0.15, 0.2) is 0 Å². The third kappa shape index (κ3) is 1.87. The van der Waals surface area contributed by atoms with Crippen LogP contribution in [-0.4, -0.2) is 6.54 Å². The molecule has 2 aromatic rings. The molecule has 0 aliphatic carbocycles. The van der Waals surface area contributed by atoms with Gasteiger partial charge in [-0.2, -0.15) is 0 Å². The largest absolute Gasteiger partial charge is 0.309 e. The van der Waals surface area contributed by atoms with Crippen LogP contribution in [0.1, 0.15) is 35.6 Å². The van der Waals surface area contributed by atoms with Crippen LogP contribution in [0.2, 0.25) is 0 Å². The van der Waals surface area contributed by atoms with Gasteiger partial charge in [-0.3, -0.25) is 0 Å². The summed E-state index contributed by atoms with van der Waals surface area (Å²) in [6.07, 6.45) is 0. The van der Waals surface area contributed by atoms with Gasteiger partial charge in [-0.1, -0.05) is 54.6 Å². The predicted octanol–water partition coefficient (Wildman–Crippen LogP) is 3.48. The first-order valence-corrected chi connectivity index (χ1v) is 6.23. The summed E-state index contributed by atoms with van der Waals surface area (Å²) in [6, 6.07) is 20.0. The third-order valence-corrected chi connectivity index (χ3v) is 3.67. The van der Waals surface area contributed by atoms with E-state index >= 15 is 0 Å². The highest BCUT2D eigenvalue weighted by Gasteiger charge is 2.24. The second-order valence-electron chi connectivity index (χ2n) is 4.72. The molecule has 2 unspecified atom stereocenters. The van der Waals surface area contributed by atoms with Crippen LogP contribution < -0.4 is 5.32 Å². The topological polar surface area (TPSA) is 12.0 Å². The molecule has 0 saturated carbocycles. The molecule has 0 radical (unpaired) electrons. The summed E-state index contributed by atoms with van der Waals surface area (Å²) in [5, 5.41) is 3.59. The molecule has 1 heteroatoms. The zero-order chi connectivity index (χ0) is 11.7. The van der Waals surface area contributed by atoms with E-state index in [0.717, 1.165) is 6.54 Å². The zero-order valence-corrected chi connectivity index (χ0v) is 10.1. The van der Waals surface area contributed by atoms with E-state index in [9.17, 15) is 0 Å². The van der Waals surface area contributed by atoms with Crippen molar-refractivity contribution in [3.8, 4) is 0 Å². The van der Waals surface area contributed by atoms with Crippen molar-refractivity contribution < 1.29 is 0 Å². The molecule has 2 atom stereocenters. The van der Waals surface area contributed by atoms with Crippen molar-refractivity contribution in [3.63, 3.8) is 0 Å². The van der Waals surface area contributed by atoms with Gasteiger partial charge in [-0.25, -0.2) is 0 Å². The maximum atomic E-state index is 3.59. The quantitative estimate of drug-likeness (QED) is 0.780. The Morgan fingerprint density at radius 2 is 1.53 bits per heavy atom. The van der Waals surface area contributed by atoms with E-state index in [4.69, 9.17) is 0 Å². The summed E-state index contributed by atoms with van der Waals surface area (Å²) in [6.45, 7) is 3.27. The summed E-state index contributed by atoms with van der Waals surface area (Å²) in [5.74, 6) is 0.489. The van der Waals surface area contributed by atoms with Gasteiger partial charge >= 0.3 is 0 Å². The van der Waals surface area contributed by atoms with Crippen molar-refractivity contribution in [3.05, 3.63) is 71.3 Å². The molecule has 1 heterocycles. The predicted molar refractivity (Wildman–Crippen MR) is 71.1 cm³/mol. The SMILES string of the molecule is CC1NCC(c2ccccc2)c2ccccc21. The standard InChI is InChI=1S/C16H17N/c1-12-14-9-5-6-10-15(14)16(11-17-12)13-7-3-2-4-8-13/h2-10,12,16-17H,11H2,1H3. The summed E-state index contributed by atoms with van der Waals surface area (Å²) in [5.41, 5.74) is 4.32. The van der Waals surface area contributed by atoms with E-state index < -0.39 is 0 Å². The molecule has 2 aromatic carbocycles. The van der Waals surface area contributed by atoms with E-state index in [1.807, 2.05) is 0 Å². The molecule has 1 aliphatic heterocycles. The summed E-state index contributed by atoms with van der Waals surface area (Å²) in [4.78, 5) is 0. The van der Waals surface area contributed by atoms with E-state index in [1.54, 1.807) is 0 Å². The smallest absolute Gasteiger partial charge is 0.0295 e. The zero-order valence-electron chi connectivity index (χ0n) is 10.1. The molecule has 0 aromatic heterocycles. The Bertz CT molecular complexity index is 504. The van der Waals surface area contributed by atoms with Crippen LogP contribution >= 0.6 is 0 Å². The van der Waals surface area contributed by atoms with Gasteiger partial charge in [0.2, 0.25) is 0 Å². The Labute approximate surface area is 102 Å². The molecule has 0 bridgehead atoms. The second kappa shape index (κ2) is 4.34. The molecule has 0 fully saturated rings. The maximum Gasteiger partial charge on any atom is 0.0295 e. The van der Waals surface area contributed by atoms with Gasteiger partial charge in [-0.15, -0.1) is 0 Å². The minimum atomic E-state index is 0.464. The highest BCUT2D eigenvalue weighted by Crippen LogP contribution is 2.33. The number of rotatable bonds is 1. The number of hydrogen-bond donors (Lipinski definition) is 1. The normalized spacial score (nSPS) is 23.1. The maximum absolute atomic E-state index is 3.59. The molecular weight excluding hydrogens is 206 g/mol. The van der Waals surface area contributed by atoms with Crippen molar-refractivity contribution in [2.75, 3.05) is 6.54 Å².